The van der Waals surface area contributed by atoms with E-state index in [1.807, 2.05) is 0 Å². The van der Waals surface area contributed by atoms with Gasteiger partial charge in [0.1, 0.15) is 17.6 Å². The van der Waals surface area contributed by atoms with Crippen LogP contribution in [0.4, 0.5) is 18.0 Å². The predicted octanol–water partition coefficient (Wildman–Crippen LogP) is 6.91. The van der Waals surface area contributed by atoms with E-state index in [0.29, 0.717) is 28.2 Å². The van der Waals surface area contributed by atoms with E-state index in [9.17, 15) is 22.8 Å². The number of aryl methyl sites for hydroxylation is 1. The SMILES string of the molecule is COCOc1ccc(C(F)(F)F)cc1Sc1ccc(CC[C@@](C)(C=O)NC(=O)OC(C)(C)C)c(Cl)c1. The van der Waals surface area contributed by atoms with E-state index in [4.69, 9.17) is 25.8 Å². The van der Waals surface area contributed by atoms with Crippen molar-refractivity contribution in [2.75, 3.05) is 13.9 Å². The summed E-state index contributed by atoms with van der Waals surface area (Å²) < 4.78 is 55.2. The average molecular weight is 548 g/mol. The van der Waals surface area contributed by atoms with E-state index in [0.717, 1.165) is 23.9 Å². The van der Waals surface area contributed by atoms with Gasteiger partial charge in [0.2, 0.25) is 0 Å². The first-order valence-electron chi connectivity index (χ1n) is 10.9. The van der Waals surface area contributed by atoms with Crippen molar-refractivity contribution in [3.63, 3.8) is 0 Å². The van der Waals surface area contributed by atoms with E-state index in [1.165, 1.54) is 13.2 Å². The summed E-state index contributed by atoms with van der Waals surface area (Å²) in [6.45, 7) is 6.62. The average Bonchev–Trinajstić information content (AvgIpc) is 2.75. The molecule has 1 atom stereocenters. The lowest BCUT2D eigenvalue weighted by atomic mass is 9.95. The van der Waals surface area contributed by atoms with Crippen molar-refractivity contribution in [1.82, 2.24) is 5.32 Å². The van der Waals surface area contributed by atoms with Crippen LogP contribution in [0.1, 0.15) is 45.2 Å². The second kappa shape index (κ2) is 12.2. The van der Waals surface area contributed by atoms with Gasteiger partial charge >= 0.3 is 12.3 Å². The van der Waals surface area contributed by atoms with E-state index < -0.39 is 29.0 Å². The van der Waals surface area contributed by atoms with Crippen molar-refractivity contribution >= 4 is 35.7 Å². The van der Waals surface area contributed by atoms with Crippen LogP contribution in [0.15, 0.2) is 46.2 Å². The van der Waals surface area contributed by atoms with Gasteiger partial charge in [0.05, 0.1) is 16.0 Å². The molecule has 0 saturated carbocycles. The summed E-state index contributed by atoms with van der Waals surface area (Å²) in [5.41, 5.74) is -1.98. The van der Waals surface area contributed by atoms with Crippen molar-refractivity contribution in [2.45, 2.75) is 67.6 Å². The first kappa shape index (κ1) is 29.8. The molecule has 2 rings (SSSR count). The highest BCUT2D eigenvalue weighted by Crippen LogP contribution is 2.40. The number of nitrogens with one attached hydrogen (secondary N) is 1. The van der Waals surface area contributed by atoms with E-state index in [-0.39, 0.29) is 23.9 Å². The van der Waals surface area contributed by atoms with Crippen LogP contribution in [0.3, 0.4) is 0 Å². The maximum absolute atomic E-state index is 13.2. The summed E-state index contributed by atoms with van der Waals surface area (Å²) in [5, 5.41) is 2.95. The molecule has 0 heterocycles. The monoisotopic (exact) mass is 547 g/mol. The molecule has 0 bridgehead atoms. The highest BCUT2D eigenvalue weighted by molar-refractivity contribution is 7.99. The predicted molar refractivity (Wildman–Crippen MR) is 132 cm³/mol. The van der Waals surface area contributed by atoms with Crippen LogP contribution < -0.4 is 10.1 Å². The fourth-order valence-electron chi connectivity index (χ4n) is 3.01. The Hall–Kier alpha value is -2.43. The zero-order chi connectivity index (χ0) is 27.1. The Morgan fingerprint density at radius 1 is 1.11 bits per heavy atom. The number of methoxy groups -OCH3 is 1. The maximum Gasteiger partial charge on any atom is 0.416 e. The number of carbonyl (C=O) groups is 2. The number of carbonyl (C=O) groups excluding carboxylic acids is 2. The van der Waals surface area contributed by atoms with Gasteiger partial charge in [-0.1, -0.05) is 29.4 Å². The first-order valence-corrected chi connectivity index (χ1v) is 12.1. The van der Waals surface area contributed by atoms with Gasteiger partial charge in [0.15, 0.2) is 6.79 Å². The molecule has 0 aromatic heterocycles. The topological polar surface area (TPSA) is 73.9 Å². The van der Waals surface area contributed by atoms with Crippen molar-refractivity contribution in [1.29, 1.82) is 0 Å². The van der Waals surface area contributed by atoms with Gasteiger partial charge in [-0.3, -0.25) is 0 Å². The highest BCUT2D eigenvalue weighted by Gasteiger charge is 2.31. The summed E-state index contributed by atoms with van der Waals surface area (Å²) in [4.78, 5) is 24.6. The molecular weight excluding hydrogens is 519 g/mol. The Morgan fingerprint density at radius 2 is 1.81 bits per heavy atom. The third-order valence-electron chi connectivity index (χ3n) is 4.82. The Morgan fingerprint density at radius 3 is 2.36 bits per heavy atom. The number of hydrogen-bond acceptors (Lipinski definition) is 6. The van der Waals surface area contributed by atoms with Gasteiger partial charge in [0, 0.05) is 17.0 Å². The molecule has 0 fully saturated rings. The summed E-state index contributed by atoms with van der Waals surface area (Å²) in [6.07, 6.45) is -3.95. The molecule has 6 nitrogen and oxygen atoms in total. The highest BCUT2D eigenvalue weighted by atomic mass is 35.5. The number of hydrogen-bond donors (Lipinski definition) is 1. The number of aldehydes is 1. The van der Waals surface area contributed by atoms with Crippen molar-refractivity contribution in [3.8, 4) is 5.75 Å². The Labute approximate surface area is 217 Å². The van der Waals surface area contributed by atoms with Crippen molar-refractivity contribution in [3.05, 3.63) is 52.5 Å². The molecule has 198 valence electrons. The Balaban J connectivity index is 2.17. The second-order valence-electron chi connectivity index (χ2n) is 9.23. The lowest BCUT2D eigenvalue weighted by Crippen LogP contribution is -2.49. The molecular formula is C25H29ClF3NO5S. The molecule has 11 heteroatoms. The summed E-state index contributed by atoms with van der Waals surface area (Å²) in [5.74, 6) is 0.241. The number of amides is 1. The molecule has 1 amide bonds. The van der Waals surface area contributed by atoms with Gasteiger partial charge in [0.25, 0.3) is 0 Å². The van der Waals surface area contributed by atoms with Gasteiger partial charge < -0.3 is 24.3 Å². The van der Waals surface area contributed by atoms with Crippen LogP contribution in [0.25, 0.3) is 0 Å². The number of ether oxygens (including phenoxy) is 3. The van der Waals surface area contributed by atoms with E-state index in [1.54, 1.807) is 45.9 Å². The van der Waals surface area contributed by atoms with Crippen LogP contribution in [-0.2, 0) is 26.9 Å². The summed E-state index contributed by atoms with van der Waals surface area (Å²) in [6, 6.07) is 8.27. The third kappa shape index (κ3) is 9.22. The molecule has 0 aliphatic carbocycles. The fourth-order valence-corrected chi connectivity index (χ4v) is 4.33. The van der Waals surface area contributed by atoms with Crippen molar-refractivity contribution in [2.24, 2.45) is 0 Å². The van der Waals surface area contributed by atoms with Gasteiger partial charge in [-0.25, -0.2) is 4.79 Å². The fraction of sp³-hybridized carbons (Fsp3) is 0.440. The number of benzene rings is 2. The molecule has 0 aliphatic heterocycles. The Kier molecular flexibility index (Phi) is 10.1. The molecule has 36 heavy (non-hydrogen) atoms. The number of rotatable bonds is 10. The zero-order valence-electron chi connectivity index (χ0n) is 20.6. The van der Waals surface area contributed by atoms with E-state index >= 15 is 0 Å². The third-order valence-corrected chi connectivity index (χ3v) is 6.20. The Bertz CT molecular complexity index is 1070. The van der Waals surface area contributed by atoms with Crippen LogP contribution in [0.5, 0.6) is 5.75 Å². The summed E-state index contributed by atoms with van der Waals surface area (Å²) in [7, 11) is 1.41. The van der Waals surface area contributed by atoms with Crippen LogP contribution in [-0.4, -0.2) is 37.4 Å². The molecule has 0 saturated heterocycles. The van der Waals surface area contributed by atoms with E-state index in [2.05, 4.69) is 5.32 Å². The lowest BCUT2D eigenvalue weighted by Gasteiger charge is -2.27. The van der Waals surface area contributed by atoms with Gasteiger partial charge in [-0.2, -0.15) is 13.2 Å². The minimum atomic E-state index is -4.50. The first-order chi connectivity index (χ1) is 16.7. The zero-order valence-corrected chi connectivity index (χ0v) is 22.2. The molecule has 0 aliphatic rings. The normalized spacial score (nSPS) is 13.6. The van der Waals surface area contributed by atoms with Gasteiger partial charge in [-0.15, -0.1) is 0 Å². The molecule has 2 aromatic carbocycles. The number of halogens is 4. The van der Waals surface area contributed by atoms with Crippen LogP contribution in [0.2, 0.25) is 5.02 Å². The molecule has 0 spiro atoms. The molecule has 2 aromatic rings. The molecule has 0 unspecified atom stereocenters. The minimum Gasteiger partial charge on any atom is -0.466 e. The van der Waals surface area contributed by atoms with Crippen LogP contribution in [0, 0.1) is 0 Å². The van der Waals surface area contributed by atoms with Gasteiger partial charge in [-0.05, 0) is 76.4 Å². The van der Waals surface area contributed by atoms with Crippen molar-refractivity contribution < 1.29 is 37.0 Å². The summed E-state index contributed by atoms with van der Waals surface area (Å²) >= 11 is 7.51. The number of alkyl halides is 3. The smallest absolute Gasteiger partial charge is 0.416 e. The lowest BCUT2D eigenvalue weighted by molar-refractivity contribution is -0.137. The standard InChI is InChI=1S/C25H29ClF3NO5S/c1-23(2,3)35-22(32)30-24(4,14-31)11-10-16-6-8-18(13-19(16)26)36-21-12-17(25(27,28)29)7-9-20(21)34-15-33-5/h6-9,12-14H,10-11,15H2,1-5H3,(H,30,32)/t24-/m0/s1. The number of alkyl carbamates (subject to hydrolysis) is 1. The maximum atomic E-state index is 13.2. The quantitative estimate of drug-likeness (QED) is 0.257. The minimum absolute atomic E-state index is 0.120. The largest absolute Gasteiger partial charge is 0.466 e. The second-order valence-corrected chi connectivity index (χ2v) is 10.8. The molecule has 0 radical (unpaired) electrons. The van der Waals surface area contributed by atoms with Crippen LogP contribution >= 0.6 is 23.4 Å². The molecule has 1 N–H and O–H groups in total.